The first kappa shape index (κ1) is 20.7. The van der Waals surface area contributed by atoms with Gasteiger partial charge in [-0.3, -0.25) is 4.79 Å². The Balaban J connectivity index is 1.55. The second-order valence-corrected chi connectivity index (χ2v) is 11.7. The number of carboxylic acids is 1. The lowest BCUT2D eigenvalue weighted by atomic mass is 9.44. The van der Waals surface area contributed by atoms with Crippen LogP contribution in [0.1, 0.15) is 91.9 Å². The summed E-state index contributed by atoms with van der Waals surface area (Å²) in [6.45, 7) is 9.21. The summed E-state index contributed by atoms with van der Waals surface area (Å²) in [7, 11) is 0. The van der Waals surface area contributed by atoms with Gasteiger partial charge in [0.1, 0.15) is 0 Å². The van der Waals surface area contributed by atoms with E-state index in [-0.39, 0.29) is 12.0 Å². The Bertz CT molecular complexity index is 603. The van der Waals surface area contributed by atoms with Crippen LogP contribution in [0.5, 0.6) is 0 Å². The van der Waals surface area contributed by atoms with Crippen molar-refractivity contribution in [3.8, 4) is 0 Å². The van der Waals surface area contributed by atoms with E-state index in [2.05, 4.69) is 20.8 Å². The second-order valence-electron chi connectivity index (χ2n) is 11.7. The molecule has 2 N–H and O–H groups in total. The summed E-state index contributed by atoms with van der Waals surface area (Å²) >= 11 is 0. The summed E-state index contributed by atoms with van der Waals surface area (Å²) in [5.41, 5.74) is 0.694. The van der Waals surface area contributed by atoms with Crippen LogP contribution in [0.15, 0.2) is 0 Å². The SMILES string of the molecule is C[C@H](C[C@H](C)C(=O)O)[C@H]1CCC2C3C[C@H](O)C4CCCCC4(C)C3CC[C@@]21C. The average Bonchev–Trinajstić information content (AvgIpc) is 2.99. The molecule has 0 amide bonds. The Morgan fingerprint density at radius 1 is 0.964 bits per heavy atom. The van der Waals surface area contributed by atoms with E-state index in [9.17, 15) is 15.0 Å². The summed E-state index contributed by atoms with van der Waals surface area (Å²) in [5, 5.41) is 20.5. The number of hydrogen-bond donors (Lipinski definition) is 2. The number of carbonyl (C=O) groups is 1. The van der Waals surface area contributed by atoms with Crippen molar-refractivity contribution in [3.63, 3.8) is 0 Å². The number of hydrogen-bond acceptors (Lipinski definition) is 2. The first-order chi connectivity index (χ1) is 13.2. The van der Waals surface area contributed by atoms with E-state index < -0.39 is 5.97 Å². The molecule has 0 aromatic carbocycles. The van der Waals surface area contributed by atoms with Crippen molar-refractivity contribution < 1.29 is 15.0 Å². The molecule has 0 aromatic heterocycles. The quantitative estimate of drug-likeness (QED) is 0.642. The van der Waals surface area contributed by atoms with Gasteiger partial charge in [-0.1, -0.05) is 40.5 Å². The van der Waals surface area contributed by atoms with Gasteiger partial charge >= 0.3 is 5.97 Å². The topological polar surface area (TPSA) is 57.5 Å². The molecule has 0 heterocycles. The Kier molecular flexibility index (Phi) is 5.39. The molecule has 4 rings (SSSR count). The van der Waals surface area contributed by atoms with Gasteiger partial charge in [0.25, 0.3) is 0 Å². The van der Waals surface area contributed by atoms with Crippen LogP contribution in [-0.2, 0) is 4.79 Å². The van der Waals surface area contributed by atoms with Crippen LogP contribution in [0.2, 0.25) is 0 Å². The van der Waals surface area contributed by atoms with Gasteiger partial charge in [-0.15, -0.1) is 0 Å². The fourth-order valence-electron chi connectivity index (χ4n) is 9.15. The highest BCUT2D eigenvalue weighted by Gasteiger charge is 2.61. The molecule has 5 unspecified atom stereocenters. The first-order valence-electron chi connectivity index (χ1n) is 12.1. The van der Waals surface area contributed by atoms with E-state index in [1.165, 1.54) is 51.4 Å². The molecular weight excluding hydrogens is 348 g/mol. The summed E-state index contributed by atoms with van der Waals surface area (Å²) in [4.78, 5) is 11.4. The van der Waals surface area contributed by atoms with Crippen molar-refractivity contribution in [3.05, 3.63) is 0 Å². The van der Waals surface area contributed by atoms with Gasteiger partial charge in [0.05, 0.1) is 12.0 Å². The zero-order valence-corrected chi connectivity index (χ0v) is 18.5. The summed E-state index contributed by atoms with van der Waals surface area (Å²) < 4.78 is 0. The lowest BCUT2D eigenvalue weighted by Gasteiger charge is -2.62. The van der Waals surface area contributed by atoms with Crippen molar-refractivity contribution in [1.29, 1.82) is 0 Å². The van der Waals surface area contributed by atoms with E-state index in [1.807, 2.05) is 6.92 Å². The van der Waals surface area contributed by atoms with Crippen molar-refractivity contribution in [2.45, 2.75) is 98.0 Å². The monoisotopic (exact) mass is 390 g/mol. The zero-order chi connectivity index (χ0) is 20.3. The van der Waals surface area contributed by atoms with E-state index in [0.29, 0.717) is 34.5 Å². The largest absolute Gasteiger partial charge is 0.481 e. The number of fused-ring (bicyclic) bond motifs is 5. The van der Waals surface area contributed by atoms with E-state index >= 15 is 0 Å². The molecule has 4 aliphatic carbocycles. The van der Waals surface area contributed by atoms with E-state index in [1.54, 1.807) is 0 Å². The highest BCUT2D eigenvalue weighted by atomic mass is 16.4. The minimum Gasteiger partial charge on any atom is -0.481 e. The van der Waals surface area contributed by atoms with E-state index in [0.717, 1.165) is 24.7 Å². The van der Waals surface area contributed by atoms with Crippen molar-refractivity contribution in [2.75, 3.05) is 0 Å². The van der Waals surface area contributed by atoms with Crippen LogP contribution in [0.25, 0.3) is 0 Å². The molecule has 160 valence electrons. The third-order valence-electron chi connectivity index (χ3n) is 10.5. The molecule has 0 spiro atoms. The van der Waals surface area contributed by atoms with Crippen LogP contribution >= 0.6 is 0 Å². The molecule has 10 atom stereocenters. The standard InChI is InChI=1S/C25H42O3/c1-15(13-16(2)23(27)28)18-8-9-19-17-14-22(26)21-7-5-6-11-24(21,3)20(17)10-12-25(18,19)4/h15-22,26H,5-14H2,1-4H3,(H,27,28)/t15-,16+,17?,18-,19?,20?,21?,22+,24?,25-/m1/s1. The van der Waals surface area contributed by atoms with Gasteiger partial charge in [-0.2, -0.15) is 0 Å². The maximum Gasteiger partial charge on any atom is 0.306 e. The maximum atomic E-state index is 11.4. The van der Waals surface area contributed by atoms with Crippen LogP contribution in [0.3, 0.4) is 0 Å². The predicted octanol–water partition coefficient (Wildman–Crippen LogP) is 5.75. The molecule has 4 aliphatic rings. The minimum atomic E-state index is -0.651. The summed E-state index contributed by atoms with van der Waals surface area (Å²) in [6.07, 6.45) is 12.1. The summed E-state index contributed by atoms with van der Waals surface area (Å²) in [6, 6.07) is 0. The predicted molar refractivity (Wildman–Crippen MR) is 112 cm³/mol. The van der Waals surface area contributed by atoms with Crippen molar-refractivity contribution in [1.82, 2.24) is 0 Å². The molecule has 4 saturated carbocycles. The van der Waals surface area contributed by atoms with Crippen LogP contribution < -0.4 is 0 Å². The van der Waals surface area contributed by atoms with Gasteiger partial charge in [0.2, 0.25) is 0 Å². The lowest BCUT2D eigenvalue weighted by molar-refractivity contribution is -0.159. The normalized spacial score (nSPS) is 50.2. The number of carboxylic acid groups (broad SMARTS) is 1. The molecule has 4 fully saturated rings. The van der Waals surface area contributed by atoms with Crippen LogP contribution in [-0.4, -0.2) is 22.3 Å². The van der Waals surface area contributed by atoms with E-state index in [4.69, 9.17) is 0 Å². The highest BCUT2D eigenvalue weighted by Crippen LogP contribution is 2.68. The van der Waals surface area contributed by atoms with Gasteiger partial charge in [-0.05, 0) is 97.7 Å². The maximum absolute atomic E-state index is 11.4. The van der Waals surface area contributed by atoms with Crippen molar-refractivity contribution in [2.24, 2.45) is 52.3 Å². The second kappa shape index (κ2) is 7.29. The molecular formula is C25H42O3. The molecule has 0 aromatic rings. The van der Waals surface area contributed by atoms with Gasteiger partial charge in [0, 0.05) is 0 Å². The summed E-state index contributed by atoms with van der Waals surface area (Å²) in [5.74, 6) is 2.97. The zero-order valence-electron chi connectivity index (χ0n) is 18.5. The number of aliphatic carboxylic acids is 1. The number of aliphatic hydroxyl groups excluding tert-OH is 1. The smallest absolute Gasteiger partial charge is 0.306 e. The Morgan fingerprint density at radius 2 is 1.68 bits per heavy atom. The van der Waals surface area contributed by atoms with Gasteiger partial charge < -0.3 is 10.2 Å². The molecule has 3 heteroatoms. The highest BCUT2D eigenvalue weighted by molar-refractivity contribution is 5.69. The molecule has 28 heavy (non-hydrogen) atoms. The first-order valence-corrected chi connectivity index (χ1v) is 12.1. The molecule has 0 saturated heterocycles. The molecule has 3 nitrogen and oxygen atoms in total. The molecule has 0 bridgehead atoms. The third-order valence-corrected chi connectivity index (χ3v) is 10.5. The Labute approximate surface area is 171 Å². The average molecular weight is 391 g/mol. The fraction of sp³-hybridized carbons (Fsp3) is 0.960. The third kappa shape index (κ3) is 3.06. The van der Waals surface area contributed by atoms with Gasteiger partial charge in [0.15, 0.2) is 0 Å². The van der Waals surface area contributed by atoms with Crippen molar-refractivity contribution >= 4 is 5.97 Å². The molecule has 0 aliphatic heterocycles. The van der Waals surface area contributed by atoms with Gasteiger partial charge in [-0.25, -0.2) is 0 Å². The van der Waals surface area contributed by atoms with Crippen LogP contribution in [0, 0.1) is 52.3 Å². The Morgan fingerprint density at radius 3 is 2.39 bits per heavy atom. The Hall–Kier alpha value is -0.570. The minimum absolute atomic E-state index is 0.0996. The molecule has 0 radical (unpaired) electrons. The van der Waals surface area contributed by atoms with Crippen LogP contribution in [0.4, 0.5) is 0 Å². The fourth-order valence-corrected chi connectivity index (χ4v) is 9.15. The number of rotatable bonds is 4. The number of aliphatic hydroxyl groups is 1. The lowest BCUT2D eigenvalue weighted by Crippen LogP contribution is -2.57.